The molecule has 4 aromatic rings. The second kappa shape index (κ2) is 9.47. The van der Waals surface area contributed by atoms with E-state index in [4.69, 9.17) is 9.72 Å². The standard InChI is InChI=1S/C29H28N2O2/c1-21(31-19-5-6-20-31)33-26-15-11-24(12-16-26)29-27(22-9-13-25(32)14-10-22)17-18-28(30-29)23-7-3-2-4-8-23/h2-4,7-18,21,32H,5-6,19-20H2,1H3. The van der Waals surface area contributed by atoms with Crippen molar-refractivity contribution in [2.24, 2.45) is 0 Å². The number of likely N-dealkylation sites (tertiary alicyclic amines) is 1. The second-order valence-corrected chi connectivity index (χ2v) is 8.49. The van der Waals surface area contributed by atoms with Gasteiger partial charge in [-0.05, 0) is 67.8 Å². The van der Waals surface area contributed by atoms with E-state index < -0.39 is 0 Å². The molecular formula is C29H28N2O2. The van der Waals surface area contributed by atoms with Gasteiger partial charge in [-0.1, -0.05) is 48.5 Å². The van der Waals surface area contributed by atoms with Gasteiger partial charge in [-0.15, -0.1) is 0 Å². The van der Waals surface area contributed by atoms with Gasteiger partial charge in [0.1, 0.15) is 17.7 Å². The van der Waals surface area contributed by atoms with Gasteiger partial charge in [-0.25, -0.2) is 4.98 Å². The molecule has 1 fully saturated rings. The zero-order valence-corrected chi connectivity index (χ0v) is 18.8. The predicted octanol–water partition coefficient (Wildman–Crippen LogP) is 6.61. The minimum atomic E-state index is 0.0745. The van der Waals surface area contributed by atoms with Crippen LogP contribution in [-0.4, -0.2) is 34.3 Å². The first-order valence-corrected chi connectivity index (χ1v) is 11.5. The third kappa shape index (κ3) is 4.76. The molecule has 1 aliphatic heterocycles. The van der Waals surface area contributed by atoms with Crippen LogP contribution < -0.4 is 4.74 Å². The smallest absolute Gasteiger partial charge is 0.149 e. The van der Waals surface area contributed by atoms with Crippen molar-refractivity contribution < 1.29 is 9.84 Å². The highest BCUT2D eigenvalue weighted by atomic mass is 16.5. The molecule has 33 heavy (non-hydrogen) atoms. The zero-order chi connectivity index (χ0) is 22.6. The molecule has 1 saturated heterocycles. The Kier molecular flexibility index (Phi) is 6.09. The monoisotopic (exact) mass is 436 g/mol. The van der Waals surface area contributed by atoms with Crippen molar-refractivity contribution in [3.63, 3.8) is 0 Å². The number of rotatable bonds is 6. The summed E-state index contributed by atoms with van der Waals surface area (Å²) in [6.45, 7) is 4.32. The fourth-order valence-corrected chi connectivity index (χ4v) is 4.39. The third-order valence-corrected chi connectivity index (χ3v) is 6.23. The van der Waals surface area contributed by atoms with Gasteiger partial charge in [0.2, 0.25) is 0 Å². The van der Waals surface area contributed by atoms with Crippen molar-refractivity contribution >= 4 is 0 Å². The normalized spacial score (nSPS) is 14.8. The van der Waals surface area contributed by atoms with E-state index in [2.05, 4.69) is 48.2 Å². The second-order valence-electron chi connectivity index (χ2n) is 8.49. The Bertz CT molecular complexity index is 1200. The molecular weight excluding hydrogens is 408 g/mol. The fourth-order valence-electron chi connectivity index (χ4n) is 4.39. The fraction of sp³-hybridized carbons (Fsp3) is 0.207. The third-order valence-electron chi connectivity index (χ3n) is 6.23. The molecule has 0 radical (unpaired) electrons. The van der Waals surface area contributed by atoms with Gasteiger partial charge >= 0.3 is 0 Å². The highest BCUT2D eigenvalue weighted by Crippen LogP contribution is 2.34. The van der Waals surface area contributed by atoms with Crippen LogP contribution in [0.25, 0.3) is 33.6 Å². The molecule has 0 amide bonds. The van der Waals surface area contributed by atoms with Crippen molar-refractivity contribution in [3.8, 4) is 45.1 Å². The number of aromatic nitrogens is 1. The molecule has 4 heteroatoms. The van der Waals surface area contributed by atoms with E-state index in [-0.39, 0.29) is 12.0 Å². The van der Waals surface area contributed by atoms with E-state index >= 15 is 0 Å². The highest BCUT2D eigenvalue weighted by Gasteiger charge is 2.19. The van der Waals surface area contributed by atoms with Gasteiger partial charge in [0.05, 0.1) is 11.4 Å². The molecule has 1 aliphatic rings. The molecule has 2 heterocycles. The SMILES string of the molecule is CC(Oc1ccc(-c2nc(-c3ccccc3)ccc2-c2ccc(O)cc2)cc1)N1CCCC1. The molecule has 1 aromatic heterocycles. The van der Waals surface area contributed by atoms with Crippen LogP contribution in [0.5, 0.6) is 11.5 Å². The van der Waals surface area contributed by atoms with E-state index in [0.717, 1.165) is 52.5 Å². The minimum Gasteiger partial charge on any atom is -0.508 e. The van der Waals surface area contributed by atoms with E-state index in [0.29, 0.717) is 0 Å². The summed E-state index contributed by atoms with van der Waals surface area (Å²) in [5, 5.41) is 9.73. The maximum absolute atomic E-state index is 9.73. The number of phenolic OH excluding ortho intramolecular Hbond substituents is 1. The number of phenols is 1. The molecule has 0 aliphatic carbocycles. The van der Waals surface area contributed by atoms with Crippen molar-refractivity contribution in [1.82, 2.24) is 9.88 Å². The molecule has 0 saturated carbocycles. The lowest BCUT2D eigenvalue weighted by atomic mass is 9.97. The molecule has 1 atom stereocenters. The maximum atomic E-state index is 9.73. The van der Waals surface area contributed by atoms with Crippen LogP contribution in [0.3, 0.4) is 0 Å². The quantitative estimate of drug-likeness (QED) is 0.369. The van der Waals surface area contributed by atoms with Crippen LogP contribution in [0.15, 0.2) is 91.0 Å². The van der Waals surface area contributed by atoms with Gasteiger partial charge in [0.25, 0.3) is 0 Å². The van der Waals surface area contributed by atoms with Crippen molar-refractivity contribution in [1.29, 1.82) is 0 Å². The van der Waals surface area contributed by atoms with Crippen molar-refractivity contribution in [2.45, 2.75) is 26.0 Å². The average molecular weight is 437 g/mol. The van der Waals surface area contributed by atoms with Gasteiger partial charge in [-0.3, -0.25) is 4.90 Å². The maximum Gasteiger partial charge on any atom is 0.149 e. The van der Waals surface area contributed by atoms with E-state index in [1.54, 1.807) is 12.1 Å². The number of hydrogen-bond donors (Lipinski definition) is 1. The Labute approximate surface area is 195 Å². The van der Waals surface area contributed by atoms with E-state index in [9.17, 15) is 5.11 Å². The lowest BCUT2D eigenvalue weighted by Crippen LogP contribution is -2.34. The largest absolute Gasteiger partial charge is 0.508 e. The van der Waals surface area contributed by atoms with E-state index in [1.165, 1.54) is 12.8 Å². The topological polar surface area (TPSA) is 45.6 Å². The summed E-state index contributed by atoms with van der Waals surface area (Å²) in [6, 6.07) is 29.8. The van der Waals surface area contributed by atoms with Gasteiger partial charge in [0.15, 0.2) is 0 Å². The Hall–Kier alpha value is -3.63. The zero-order valence-electron chi connectivity index (χ0n) is 18.8. The van der Waals surface area contributed by atoms with Crippen molar-refractivity contribution in [2.75, 3.05) is 13.1 Å². The number of aromatic hydroxyl groups is 1. The molecule has 0 bridgehead atoms. The Balaban J connectivity index is 1.50. The first-order valence-electron chi connectivity index (χ1n) is 11.5. The molecule has 0 spiro atoms. The summed E-state index contributed by atoms with van der Waals surface area (Å²) in [4.78, 5) is 7.43. The van der Waals surface area contributed by atoms with Gasteiger partial charge < -0.3 is 9.84 Å². The summed E-state index contributed by atoms with van der Waals surface area (Å²) in [7, 11) is 0. The number of hydrogen-bond acceptors (Lipinski definition) is 4. The van der Waals surface area contributed by atoms with Crippen LogP contribution in [0.1, 0.15) is 19.8 Å². The number of ether oxygens (including phenoxy) is 1. The van der Waals surface area contributed by atoms with Crippen LogP contribution >= 0.6 is 0 Å². The molecule has 1 unspecified atom stereocenters. The number of pyridine rings is 1. The molecule has 4 nitrogen and oxygen atoms in total. The summed E-state index contributed by atoms with van der Waals surface area (Å²) in [5.41, 5.74) is 5.97. The molecule has 5 rings (SSSR count). The minimum absolute atomic E-state index is 0.0745. The Morgan fingerprint density at radius 2 is 1.42 bits per heavy atom. The van der Waals surface area contributed by atoms with Crippen LogP contribution in [0.2, 0.25) is 0 Å². The molecule has 1 N–H and O–H groups in total. The number of nitrogens with zero attached hydrogens (tertiary/aromatic N) is 2. The number of benzene rings is 3. The average Bonchev–Trinajstić information content (AvgIpc) is 3.41. The lowest BCUT2D eigenvalue weighted by molar-refractivity contribution is 0.0592. The van der Waals surface area contributed by atoms with Crippen LogP contribution in [-0.2, 0) is 0 Å². The Morgan fingerprint density at radius 1 is 0.758 bits per heavy atom. The molecule has 3 aromatic carbocycles. The van der Waals surface area contributed by atoms with Crippen LogP contribution in [0.4, 0.5) is 0 Å². The first-order chi connectivity index (χ1) is 16.2. The van der Waals surface area contributed by atoms with Gasteiger partial charge in [-0.2, -0.15) is 0 Å². The van der Waals surface area contributed by atoms with Gasteiger partial charge in [0, 0.05) is 29.8 Å². The van der Waals surface area contributed by atoms with Crippen LogP contribution in [0, 0.1) is 0 Å². The Morgan fingerprint density at radius 3 is 2.12 bits per heavy atom. The van der Waals surface area contributed by atoms with Crippen molar-refractivity contribution in [3.05, 3.63) is 91.0 Å². The summed E-state index contributed by atoms with van der Waals surface area (Å²) in [6.07, 6.45) is 2.57. The predicted molar refractivity (Wildman–Crippen MR) is 133 cm³/mol. The lowest BCUT2D eigenvalue weighted by Gasteiger charge is -2.24. The summed E-state index contributed by atoms with van der Waals surface area (Å²) < 4.78 is 6.19. The highest BCUT2D eigenvalue weighted by molar-refractivity contribution is 5.83. The summed E-state index contributed by atoms with van der Waals surface area (Å²) >= 11 is 0. The first kappa shape index (κ1) is 21.2. The summed E-state index contributed by atoms with van der Waals surface area (Å²) in [5.74, 6) is 1.12. The van der Waals surface area contributed by atoms with E-state index in [1.807, 2.05) is 42.5 Å². The molecule has 166 valence electrons.